The molecule has 1 atom stereocenters. The SMILES string of the molecule is Nc1ccc2nc3c(c(N4CCOCC4)c2c1)Cn1c-3cc2c(c1=O)COC(=O)C2O. The molecule has 9 heteroatoms. The molecular formula is C22H20N4O5. The van der Waals surface area contributed by atoms with E-state index in [9.17, 15) is 14.7 Å². The third kappa shape index (κ3) is 2.60. The fourth-order valence-corrected chi connectivity index (χ4v) is 4.77. The summed E-state index contributed by atoms with van der Waals surface area (Å²) in [4.78, 5) is 32.2. The van der Waals surface area contributed by atoms with Crippen LogP contribution in [0.2, 0.25) is 0 Å². The lowest BCUT2D eigenvalue weighted by Gasteiger charge is -2.31. The number of pyridine rings is 2. The lowest BCUT2D eigenvalue weighted by Crippen LogP contribution is -2.37. The van der Waals surface area contributed by atoms with Crippen LogP contribution in [0.1, 0.15) is 22.8 Å². The predicted molar refractivity (Wildman–Crippen MR) is 113 cm³/mol. The van der Waals surface area contributed by atoms with Gasteiger partial charge < -0.3 is 29.8 Å². The number of morpholine rings is 1. The van der Waals surface area contributed by atoms with Crippen molar-refractivity contribution in [2.24, 2.45) is 0 Å². The van der Waals surface area contributed by atoms with Gasteiger partial charge in [0, 0.05) is 35.3 Å². The second-order valence-electron chi connectivity index (χ2n) is 8.03. The zero-order chi connectivity index (χ0) is 21.3. The van der Waals surface area contributed by atoms with Gasteiger partial charge in [0.25, 0.3) is 5.56 Å². The number of esters is 1. The first-order valence-corrected chi connectivity index (χ1v) is 10.2. The Labute approximate surface area is 176 Å². The largest absolute Gasteiger partial charge is 0.458 e. The van der Waals surface area contributed by atoms with Gasteiger partial charge in [-0.2, -0.15) is 0 Å². The Kier molecular flexibility index (Phi) is 3.87. The number of nitrogens with zero attached hydrogens (tertiary/aromatic N) is 3. The molecule has 6 rings (SSSR count). The standard InChI is InChI=1S/C22H20N4O5/c23-11-1-2-16-13(7-11)19(25-3-5-30-6-4-25)14-9-26-17(18(14)24-16)8-12-15(21(26)28)10-31-22(29)20(12)27/h1-2,7-8,20,27H,3-6,9-10,23H2. The average molecular weight is 420 g/mol. The molecule has 0 saturated carbocycles. The van der Waals surface area contributed by atoms with Crippen molar-refractivity contribution in [1.82, 2.24) is 9.55 Å². The van der Waals surface area contributed by atoms with Crippen LogP contribution in [-0.2, 0) is 27.4 Å². The van der Waals surface area contributed by atoms with E-state index in [0.717, 1.165) is 35.2 Å². The number of aliphatic hydroxyl groups excluding tert-OH is 1. The van der Waals surface area contributed by atoms with Crippen LogP contribution in [0, 0.1) is 0 Å². The van der Waals surface area contributed by atoms with Crippen LogP contribution in [0.5, 0.6) is 0 Å². The van der Waals surface area contributed by atoms with Gasteiger partial charge in [-0.15, -0.1) is 0 Å². The number of benzene rings is 1. The van der Waals surface area contributed by atoms with Gasteiger partial charge in [-0.05, 0) is 24.3 Å². The Balaban J connectivity index is 1.63. The summed E-state index contributed by atoms with van der Waals surface area (Å²) in [6, 6.07) is 7.30. The van der Waals surface area contributed by atoms with Crippen LogP contribution in [0.15, 0.2) is 29.1 Å². The Morgan fingerprint density at radius 1 is 1.13 bits per heavy atom. The summed E-state index contributed by atoms with van der Waals surface area (Å²) >= 11 is 0. The van der Waals surface area contributed by atoms with E-state index in [1.54, 1.807) is 16.7 Å². The quantitative estimate of drug-likeness (QED) is 0.345. The minimum atomic E-state index is -1.47. The molecule has 9 nitrogen and oxygen atoms in total. The smallest absolute Gasteiger partial charge is 0.340 e. The van der Waals surface area contributed by atoms with Gasteiger partial charge in [-0.1, -0.05) is 0 Å². The maximum atomic E-state index is 13.2. The molecule has 5 heterocycles. The third-order valence-corrected chi connectivity index (χ3v) is 6.28. The molecule has 2 aromatic heterocycles. The normalized spacial score (nSPS) is 19.7. The number of anilines is 2. The zero-order valence-electron chi connectivity index (χ0n) is 16.6. The summed E-state index contributed by atoms with van der Waals surface area (Å²) in [7, 11) is 0. The molecule has 0 aliphatic carbocycles. The van der Waals surface area contributed by atoms with Crippen molar-refractivity contribution < 1.29 is 19.4 Å². The lowest BCUT2D eigenvalue weighted by atomic mass is 9.99. The van der Waals surface area contributed by atoms with Gasteiger partial charge in [-0.3, -0.25) is 4.79 Å². The van der Waals surface area contributed by atoms with E-state index in [0.29, 0.717) is 48.0 Å². The summed E-state index contributed by atoms with van der Waals surface area (Å²) in [5.41, 5.74) is 11.1. The maximum absolute atomic E-state index is 13.2. The molecule has 3 aromatic rings. The number of nitrogens with two attached hydrogens (primary N) is 1. The molecule has 0 radical (unpaired) electrons. The van der Waals surface area contributed by atoms with E-state index in [-0.39, 0.29) is 12.2 Å². The first-order valence-electron chi connectivity index (χ1n) is 10.2. The van der Waals surface area contributed by atoms with E-state index in [2.05, 4.69) is 4.90 Å². The summed E-state index contributed by atoms with van der Waals surface area (Å²) in [6.45, 7) is 2.90. The molecule has 0 amide bonds. The highest BCUT2D eigenvalue weighted by atomic mass is 16.5. The van der Waals surface area contributed by atoms with Gasteiger partial charge in [0.2, 0.25) is 0 Å². The summed E-state index contributed by atoms with van der Waals surface area (Å²) < 4.78 is 12.2. The molecule has 1 saturated heterocycles. The molecule has 1 fully saturated rings. The molecule has 0 bridgehead atoms. The van der Waals surface area contributed by atoms with Crippen LogP contribution in [-0.4, -0.2) is 46.9 Å². The molecular weight excluding hydrogens is 400 g/mol. The van der Waals surface area contributed by atoms with Gasteiger partial charge >= 0.3 is 5.97 Å². The first-order chi connectivity index (χ1) is 15.0. The van der Waals surface area contributed by atoms with Crippen molar-refractivity contribution in [2.45, 2.75) is 19.3 Å². The fourth-order valence-electron chi connectivity index (χ4n) is 4.77. The molecule has 3 aliphatic rings. The number of carbonyl (C=O) groups is 1. The van der Waals surface area contributed by atoms with Crippen LogP contribution >= 0.6 is 0 Å². The Bertz CT molecular complexity index is 1330. The number of aliphatic hydroxyl groups is 1. The van der Waals surface area contributed by atoms with E-state index in [1.165, 1.54) is 0 Å². The number of aromatic nitrogens is 2. The van der Waals surface area contributed by atoms with Crippen LogP contribution in [0.3, 0.4) is 0 Å². The number of ether oxygens (including phenoxy) is 2. The van der Waals surface area contributed by atoms with Gasteiger partial charge in [0.15, 0.2) is 6.10 Å². The highest BCUT2D eigenvalue weighted by molar-refractivity contribution is 5.99. The van der Waals surface area contributed by atoms with Crippen molar-refractivity contribution in [3.63, 3.8) is 0 Å². The molecule has 1 aromatic carbocycles. The maximum Gasteiger partial charge on any atom is 0.340 e. The van der Waals surface area contributed by atoms with Crippen molar-refractivity contribution >= 4 is 28.2 Å². The van der Waals surface area contributed by atoms with E-state index in [1.807, 2.05) is 12.1 Å². The molecule has 0 spiro atoms. The number of rotatable bonds is 1. The number of cyclic esters (lactones) is 1. The van der Waals surface area contributed by atoms with Gasteiger partial charge in [0.05, 0.1) is 47.9 Å². The van der Waals surface area contributed by atoms with Crippen LogP contribution in [0.25, 0.3) is 22.3 Å². The number of hydrogen-bond acceptors (Lipinski definition) is 8. The fraction of sp³-hybridized carbons (Fsp3) is 0.318. The average Bonchev–Trinajstić information content (AvgIpc) is 3.14. The number of carbonyl (C=O) groups excluding carboxylic acids is 1. The Hall–Kier alpha value is -3.43. The van der Waals surface area contributed by atoms with E-state index in [4.69, 9.17) is 20.2 Å². The Morgan fingerprint density at radius 3 is 2.74 bits per heavy atom. The van der Waals surface area contributed by atoms with Crippen molar-refractivity contribution in [3.8, 4) is 11.4 Å². The van der Waals surface area contributed by atoms with Gasteiger partial charge in [-0.25, -0.2) is 9.78 Å². The van der Waals surface area contributed by atoms with Crippen molar-refractivity contribution in [3.05, 3.63) is 51.3 Å². The minimum Gasteiger partial charge on any atom is -0.458 e. The summed E-state index contributed by atoms with van der Waals surface area (Å²) in [5, 5.41) is 11.3. The second kappa shape index (κ2) is 6.53. The second-order valence-corrected chi connectivity index (χ2v) is 8.03. The van der Waals surface area contributed by atoms with Crippen molar-refractivity contribution in [1.29, 1.82) is 0 Å². The predicted octanol–water partition coefficient (Wildman–Crippen LogP) is 0.934. The summed E-state index contributed by atoms with van der Waals surface area (Å²) in [5.74, 6) is -0.744. The molecule has 158 valence electrons. The first kappa shape index (κ1) is 18.3. The van der Waals surface area contributed by atoms with E-state index < -0.39 is 12.1 Å². The number of fused-ring (bicyclic) bond motifs is 5. The van der Waals surface area contributed by atoms with E-state index >= 15 is 0 Å². The number of nitrogen functional groups attached to an aromatic ring is 1. The van der Waals surface area contributed by atoms with Crippen molar-refractivity contribution in [2.75, 3.05) is 36.9 Å². The Morgan fingerprint density at radius 2 is 1.94 bits per heavy atom. The van der Waals surface area contributed by atoms with Crippen LogP contribution in [0.4, 0.5) is 11.4 Å². The zero-order valence-corrected chi connectivity index (χ0v) is 16.6. The lowest BCUT2D eigenvalue weighted by molar-refractivity contribution is -0.157. The molecule has 1 unspecified atom stereocenters. The number of hydrogen-bond donors (Lipinski definition) is 2. The molecule has 31 heavy (non-hydrogen) atoms. The van der Waals surface area contributed by atoms with Crippen LogP contribution < -0.4 is 16.2 Å². The molecule has 3 N–H and O–H groups in total. The monoisotopic (exact) mass is 420 g/mol. The topological polar surface area (TPSA) is 120 Å². The third-order valence-electron chi connectivity index (χ3n) is 6.28. The highest BCUT2D eigenvalue weighted by Gasteiger charge is 2.35. The summed E-state index contributed by atoms with van der Waals surface area (Å²) in [6.07, 6.45) is -1.47. The highest BCUT2D eigenvalue weighted by Crippen LogP contribution is 2.42. The molecule has 3 aliphatic heterocycles. The minimum absolute atomic E-state index is 0.136. The van der Waals surface area contributed by atoms with Gasteiger partial charge in [0.1, 0.15) is 6.61 Å².